The highest BCUT2D eigenvalue weighted by Gasteiger charge is 2.13. The molecule has 2 rings (SSSR count). The van der Waals surface area contributed by atoms with Gasteiger partial charge in [-0.3, -0.25) is 9.78 Å². The highest BCUT2D eigenvalue weighted by Crippen LogP contribution is 2.10. The van der Waals surface area contributed by atoms with Gasteiger partial charge in [0.15, 0.2) is 5.76 Å². The molecule has 5 heteroatoms. The second-order valence-corrected chi connectivity index (χ2v) is 4.26. The van der Waals surface area contributed by atoms with E-state index in [1.54, 1.807) is 24.5 Å². The fraction of sp³-hybridized carbons (Fsp3) is 0.286. The predicted octanol–water partition coefficient (Wildman–Crippen LogP) is 2.18. The molecule has 2 aromatic heterocycles. The van der Waals surface area contributed by atoms with Gasteiger partial charge in [0.1, 0.15) is 11.9 Å². The number of hydrogen-bond donors (Lipinski definition) is 1. The summed E-state index contributed by atoms with van der Waals surface area (Å²) in [5.41, 5.74) is 0.818. The van der Waals surface area contributed by atoms with Crippen molar-refractivity contribution in [3.8, 4) is 5.75 Å². The third-order valence-electron chi connectivity index (χ3n) is 2.59. The minimum Gasteiger partial charge on any atom is -0.487 e. The maximum atomic E-state index is 11.8. The molecule has 0 aliphatic carbocycles. The van der Waals surface area contributed by atoms with Crippen molar-refractivity contribution >= 4 is 5.91 Å². The van der Waals surface area contributed by atoms with E-state index in [0.717, 1.165) is 5.56 Å². The van der Waals surface area contributed by atoms with Gasteiger partial charge in [0.25, 0.3) is 5.91 Å². The van der Waals surface area contributed by atoms with Gasteiger partial charge in [0, 0.05) is 11.8 Å². The van der Waals surface area contributed by atoms with Crippen molar-refractivity contribution in [2.45, 2.75) is 20.0 Å². The highest BCUT2D eigenvalue weighted by molar-refractivity contribution is 5.92. The van der Waals surface area contributed by atoms with Gasteiger partial charge in [-0.05, 0) is 32.0 Å². The quantitative estimate of drug-likeness (QED) is 0.895. The first-order valence-electron chi connectivity index (χ1n) is 6.06. The van der Waals surface area contributed by atoms with Crippen LogP contribution in [0.1, 0.15) is 23.0 Å². The van der Waals surface area contributed by atoms with Gasteiger partial charge in [-0.1, -0.05) is 0 Å². The number of ether oxygens (including phenoxy) is 1. The van der Waals surface area contributed by atoms with E-state index >= 15 is 0 Å². The average molecular weight is 260 g/mol. The molecular formula is C14H16N2O3. The molecule has 0 aliphatic rings. The van der Waals surface area contributed by atoms with Crippen LogP contribution in [0.25, 0.3) is 0 Å². The van der Waals surface area contributed by atoms with Crippen LogP contribution in [0.15, 0.2) is 41.3 Å². The largest absolute Gasteiger partial charge is 0.487 e. The molecule has 19 heavy (non-hydrogen) atoms. The number of rotatable bonds is 5. The molecule has 2 aromatic rings. The zero-order valence-corrected chi connectivity index (χ0v) is 10.9. The van der Waals surface area contributed by atoms with Crippen LogP contribution in [-0.2, 0) is 0 Å². The molecule has 0 fully saturated rings. The third-order valence-corrected chi connectivity index (χ3v) is 2.59. The van der Waals surface area contributed by atoms with Gasteiger partial charge in [-0.2, -0.15) is 0 Å². The lowest BCUT2D eigenvalue weighted by Gasteiger charge is -2.14. The van der Waals surface area contributed by atoms with Crippen LogP contribution in [0, 0.1) is 6.92 Å². The van der Waals surface area contributed by atoms with Crippen LogP contribution in [0.3, 0.4) is 0 Å². The summed E-state index contributed by atoms with van der Waals surface area (Å²) in [6.07, 6.45) is 4.66. The molecule has 1 atom stereocenters. The van der Waals surface area contributed by atoms with E-state index in [2.05, 4.69) is 10.3 Å². The number of aromatic nitrogens is 1. The molecule has 0 bridgehead atoms. The molecule has 0 aliphatic heterocycles. The van der Waals surface area contributed by atoms with Gasteiger partial charge in [-0.25, -0.2) is 0 Å². The van der Waals surface area contributed by atoms with E-state index in [0.29, 0.717) is 18.1 Å². The van der Waals surface area contributed by atoms with Crippen LogP contribution in [0.2, 0.25) is 0 Å². The summed E-state index contributed by atoms with van der Waals surface area (Å²) in [7, 11) is 0. The number of amides is 1. The summed E-state index contributed by atoms with van der Waals surface area (Å²) in [4.78, 5) is 15.8. The molecule has 1 amide bonds. The summed E-state index contributed by atoms with van der Waals surface area (Å²) in [6, 6.07) is 5.37. The normalized spacial score (nSPS) is 11.9. The van der Waals surface area contributed by atoms with Crippen LogP contribution in [-0.4, -0.2) is 23.5 Å². The SMILES string of the molecule is Cc1ccoc1C(=O)NC[C@H](C)Oc1cccnc1. The zero-order chi connectivity index (χ0) is 13.7. The lowest BCUT2D eigenvalue weighted by atomic mass is 10.2. The van der Waals surface area contributed by atoms with Crippen molar-refractivity contribution in [3.63, 3.8) is 0 Å². The van der Waals surface area contributed by atoms with Gasteiger partial charge in [0.05, 0.1) is 19.0 Å². The van der Waals surface area contributed by atoms with Gasteiger partial charge < -0.3 is 14.5 Å². The monoisotopic (exact) mass is 260 g/mol. The summed E-state index contributed by atoms with van der Waals surface area (Å²) in [6.45, 7) is 4.10. The Morgan fingerprint density at radius 1 is 1.53 bits per heavy atom. The number of furan rings is 1. The van der Waals surface area contributed by atoms with Crippen molar-refractivity contribution in [2.24, 2.45) is 0 Å². The van der Waals surface area contributed by atoms with E-state index in [1.165, 1.54) is 6.26 Å². The second kappa shape index (κ2) is 6.04. The predicted molar refractivity (Wildman–Crippen MR) is 70.1 cm³/mol. The first kappa shape index (κ1) is 13.1. The summed E-state index contributed by atoms with van der Waals surface area (Å²) in [5.74, 6) is 0.788. The molecule has 0 saturated carbocycles. The Labute approximate surface area is 111 Å². The number of carbonyl (C=O) groups excluding carboxylic acids is 1. The minimum atomic E-state index is -0.232. The van der Waals surface area contributed by atoms with Crippen molar-refractivity contribution in [2.75, 3.05) is 6.54 Å². The first-order valence-corrected chi connectivity index (χ1v) is 6.06. The Morgan fingerprint density at radius 2 is 2.37 bits per heavy atom. The lowest BCUT2D eigenvalue weighted by Crippen LogP contribution is -2.33. The molecule has 1 N–H and O–H groups in total. The molecule has 0 radical (unpaired) electrons. The molecule has 0 spiro atoms. The zero-order valence-electron chi connectivity index (χ0n) is 10.9. The van der Waals surface area contributed by atoms with Crippen LogP contribution in [0.4, 0.5) is 0 Å². The van der Waals surface area contributed by atoms with Crippen LogP contribution < -0.4 is 10.1 Å². The van der Waals surface area contributed by atoms with Gasteiger partial charge in [-0.15, -0.1) is 0 Å². The van der Waals surface area contributed by atoms with E-state index < -0.39 is 0 Å². The van der Waals surface area contributed by atoms with E-state index in [4.69, 9.17) is 9.15 Å². The highest BCUT2D eigenvalue weighted by atomic mass is 16.5. The smallest absolute Gasteiger partial charge is 0.287 e. The molecule has 0 unspecified atom stereocenters. The first-order chi connectivity index (χ1) is 9.16. The Kier molecular flexibility index (Phi) is 4.18. The number of hydrogen-bond acceptors (Lipinski definition) is 4. The fourth-order valence-electron chi connectivity index (χ4n) is 1.61. The number of nitrogens with zero attached hydrogens (tertiary/aromatic N) is 1. The maximum absolute atomic E-state index is 11.8. The molecule has 0 aromatic carbocycles. The topological polar surface area (TPSA) is 64.4 Å². The fourth-order valence-corrected chi connectivity index (χ4v) is 1.61. The number of nitrogens with one attached hydrogen (secondary N) is 1. The van der Waals surface area contributed by atoms with Crippen LogP contribution in [0.5, 0.6) is 5.75 Å². The lowest BCUT2D eigenvalue weighted by molar-refractivity contribution is 0.0903. The van der Waals surface area contributed by atoms with Gasteiger partial charge >= 0.3 is 0 Å². The van der Waals surface area contributed by atoms with E-state index in [1.807, 2.05) is 19.9 Å². The summed E-state index contributed by atoms with van der Waals surface area (Å²) < 4.78 is 10.7. The van der Waals surface area contributed by atoms with Gasteiger partial charge in [0.2, 0.25) is 0 Å². The average Bonchev–Trinajstić information content (AvgIpc) is 2.83. The van der Waals surface area contributed by atoms with Crippen molar-refractivity contribution < 1.29 is 13.9 Å². The van der Waals surface area contributed by atoms with E-state index in [-0.39, 0.29) is 12.0 Å². The number of aryl methyl sites for hydroxylation is 1. The second-order valence-electron chi connectivity index (χ2n) is 4.26. The number of pyridine rings is 1. The molecule has 2 heterocycles. The van der Waals surface area contributed by atoms with Crippen molar-refractivity contribution in [1.82, 2.24) is 10.3 Å². The van der Waals surface area contributed by atoms with Crippen molar-refractivity contribution in [1.29, 1.82) is 0 Å². The Balaban J connectivity index is 1.82. The van der Waals surface area contributed by atoms with E-state index in [9.17, 15) is 4.79 Å². The Bertz CT molecular complexity index is 537. The molecule has 100 valence electrons. The number of carbonyl (C=O) groups is 1. The molecular weight excluding hydrogens is 244 g/mol. The van der Waals surface area contributed by atoms with Crippen LogP contribution >= 0.6 is 0 Å². The minimum absolute atomic E-state index is 0.150. The molecule has 0 saturated heterocycles. The summed E-state index contributed by atoms with van der Waals surface area (Å²) >= 11 is 0. The maximum Gasteiger partial charge on any atom is 0.287 e. The summed E-state index contributed by atoms with van der Waals surface area (Å²) in [5, 5.41) is 2.77. The van der Waals surface area contributed by atoms with Crippen molar-refractivity contribution in [3.05, 3.63) is 48.2 Å². The Hall–Kier alpha value is -2.30. The Morgan fingerprint density at radius 3 is 3.00 bits per heavy atom. The third kappa shape index (κ3) is 3.58. The standard InChI is InChI=1S/C14H16N2O3/c1-10-5-7-18-13(10)14(17)16-8-11(2)19-12-4-3-6-15-9-12/h3-7,9,11H,8H2,1-2H3,(H,16,17)/t11-/m0/s1. The molecule has 5 nitrogen and oxygen atoms in total.